The van der Waals surface area contributed by atoms with Crippen molar-refractivity contribution in [3.8, 4) is 0 Å². The average molecular weight is 304 g/mol. The van der Waals surface area contributed by atoms with Crippen LogP contribution in [0.3, 0.4) is 0 Å². The third-order valence-corrected chi connectivity index (χ3v) is 4.08. The number of carbonyl (C=O) groups is 1. The zero-order chi connectivity index (χ0) is 15.2. The van der Waals surface area contributed by atoms with E-state index in [0.717, 1.165) is 35.1 Å². The molecule has 0 atom stereocenters. The van der Waals surface area contributed by atoms with Crippen molar-refractivity contribution >= 4 is 23.1 Å². The first-order valence-electron chi connectivity index (χ1n) is 7.00. The van der Waals surface area contributed by atoms with Gasteiger partial charge in [-0.1, -0.05) is 6.92 Å². The molecular formula is C15H20N4OS. The van der Waals surface area contributed by atoms with Gasteiger partial charge in [0.15, 0.2) is 0 Å². The Morgan fingerprint density at radius 2 is 2.14 bits per heavy atom. The molecule has 0 bridgehead atoms. The van der Waals surface area contributed by atoms with Crippen molar-refractivity contribution in [2.75, 3.05) is 18.9 Å². The van der Waals surface area contributed by atoms with Gasteiger partial charge in [-0.05, 0) is 25.5 Å². The number of hydrogen-bond acceptors (Lipinski definition) is 5. The van der Waals surface area contributed by atoms with E-state index in [9.17, 15) is 4.79 Å². The fourth-order valence-corrected chi connectivity index (χ4v) is 2.71. The van der Waals surface area contributed by atoms with Crippen LogP contribution in [-0.4, -0.2) is 29.5 Å². The number of nitrogens with zero attached hydrogens (tertiary/aromatic N) is 2. The van der Waals surface area contributed by atoms with Crippen LogP contribution in [0.25, 0.3) is 0 Å². The number of carbonyl (C=O) groups excluding carboxylic acids is 1. The Bertz CT molecular complexity index is 602. The minimum absolute atomic E-state index is 0.0723. The van der Waals surface area contributed by atoms with Gasteiger partial charge < -0.3 is 10.6 Å². The fourth-order valence-electron chi connectivity index (χ4n) is 1.93. The second kappa shape index (κ2) is 7.17. The summed E-state index contributed by atoms with van der Waals surface area (Å²) in [5, 5.41) is 8.98. The molecule has 5 nitrogen and oxygen atoms in total. The van der Waals surface area contributed by atoms with Gasteiger partial charge in [-0.15, -0.1) is 11.3 Å². The summed E-state index contributed by atoms with van der Waals surface area (Å²) in [5.41, 5.74) is 2.57. The van der Waals surface area contributed by atoms with Crippen LogP contribution in [0.4, 0.5) is 5.82 Å². The predicted molar refractivity (Wildman–Crippen MR) is 86.0 cm³/mol. The summed E-state index contributed by atoms with van der Waals surface area (Å²) in [7, 11) is 1.80. The van der Waals surface area contributed by atoms with E-state index in [1.807, 2.05) is 25.3 Å². The van der Waals surface area contributed by atoms with E-state index in [1.165, 1.54) is 0 Å². The zero-order valence-electron chi connectivity index (χ0n) is 12.6. The van der Waals surface area contributed by atoms with Gasteiger partial charge in [0.1, 0.15) is 5.82 Å². The number of pyridine rings is 1. The molecule has 6 heteroatoms. The smallest absolute Gasteiger partial charge is 0.251 e. The van der Waals surface area contributed by atoms with Crippen molar-refractivity contribution in [3.63, 3.8) is 0 Å². The summed E-state index contributed by atoms with van der Waals surface area (Å²) in [6.07, 6.45) is 1.56. The number of anilines is 1. The molecule has 2 heterocycles. The van der Waals surface area contributed by atoms with Crippen molar-refractivity contribution in [2.24, 2.45) is 0 Å². The molecule has 0 saturated carbocycles. The number of hydrogen-bond donors (Lipinski definition) is 2. The zero-order valence-corrected chi connectivity index (χ0v) is 13.4. The van der Waals surface area contributed by atoms with Crippen LogP contribution in [0.2, 0.25) is 0 Å². The standard InChI is InChI=1S/C15H20N4OS/c1-4-12-7-11(8-13(16-3)19-12)15(20)17-6-5-14-18-10(2)9-21-14/h7-9H,4-6H2,1-3H3,(H,16,19)(H,17,20). The van der Waals surface area contributed by atoms with Crippen molar-refractivity contribution < 1.29 is 4.79 Å². The molecule has 0 aliphatic heterocycles. The maximum atomic E-state index is 12.2. The lowest BCUT2D eigenvalue weighted by Crippen LogP contribution is -2.26. The number of nitrogens with one attached hydrogen (secondary N) is 2. The SMILES string of the molecule is CCc1cc(C(=O)NCCc2nc(C)cs2)cc(NC)n1. The normalized spacial score (nSPS) is 10.4. The highest BCUT2D eigenvalue weighted by molar-refractivity contribution is 7.09. The van der Waals surface area contributed by atoms with Crippen LogP contribution in [0, 0.1) is 6.92 Å². The van der Waals surface area contributed by atoms with E-state index >= 15 is 0 Å². The molecule has 0 unspecified atom stereocenters. The van der Waals surface area contributed by atoms with Gasteiger partial charge in [0.05, 0.1) is 5.01 Å². The first-order valence-corrected chi connectivity index (χ1v) is 7.88. The molecule has 0 radical (unpaired) electrons. The van der Waals surface area contributed by atoms with Crippen molar-refractivity contribution in [3.05, 3.63) is 39.5 Å². The van der Waals surface area contributed by atoms with E-state index < -0.39 is 0 Å². The maximum Gasteiger partial charge on any atom is 0.251 e. The van der Waals surface area contributed by atoms with Crippen molar-refractivity contribution in [1.82, 2.24) is 15.3 Å². The topological polar surface area (TPSA) is 66.9 Å². The van der Waals surface area contributed by atoms with Gasteiger partial charge in [-0.25, -0.2) is 9.97 Å². The Labute approximate surface area is 128 Å². The second-order valence-electron chi connectivity index (χ2n) is 4.72. The molecule has 0 aromatic carbocycles. The van der Waals surface area contributed by atoms with Gasteiger partial charge >= 0.3 is 0 Å². The summed E-state index contributed by atoms with van der Waals surface area (Å²) in [5.74, 6) is 0.645. The largest absolute Gasteiger partial charge is 0.373 e. The van der Waals surface area contributed by atoms with E-state index in [2.05, 4.69) is 20.6 Å². The Hall–Kier alpha value is -1.95. The van der Waals surface area contributed by atoms with Crippen molar-refractivity contribution in [1.29, 1.82) is 0 Å². The Morgan fingerprint density at radius 1 is 1.33 bits per heavy atom. The Kier molecular flexibility index (Phi) is 5.27. The highest BCUT2D eigenvalue weighted by Gasteiger charge is 2.09. The number of aromatic nitrogens is 2. The minimum atomic E-state index is -0.0723. The Morgan fingerprint density at radius 3 is 2.76 bits per heavy atom. The van der Waals surface area contributed by atoms with Crippen LogP contribution in [-0.2, 0) is 12.8 Å². The van der Waals surface area contributed by atoms with Crippen LogP contribution in [0.15, 0.2) is 17.5 Å². The first kappa shape index (κ1) is 15.4. The predicted octanol–water partition coefficient (Wildman–Crippen LogP) is 2.42. The monoisotopic (exact) mass is 304 g/mol. The molecule has 0 saturated heterocycles. The number of amides is 1. The lowest BCUT2D eigenvalue weighted by Gasteiger charge is -2.08. The van der Waals surface area contributed by atoms with E-state index in [4.69, 9.17) is 0 Å². The highest BCUT2D eigenvalue weighted by atomic mass is 32.1. The number of thiazole rings is 1. The summed E-state index contributed by atoms with van der Waals surface area (Å²) in [4.78, 5) is 21.0. The molecule has 112 valence electrons. The molecule has 0 fully saturated rings. The van der Waals surface area contributed by atoms with E-state index in [0.29, 0.717) is 12.1 Å². The molecule has 2 N–H and O–H groups in total. The Balaban J connectivity index is 1.96. The first-order chi connectivity index (χ1) is 10.1. The third-order valence-electron chi connectivity index (χ3n) is 3.05. The van der Waals surface area contributed by atoms with E-state index in [1.54, 1.807) is 24.5 Å². The van der Waals surface area contributed by atoms with E-state index in [-0.39, 0.29) is 5.91 Å². The quantitative estimate of drug-likeness (QED) is 0.860. The maximum absolute atomic E-state index is 12.2. The highest BCUT2D eigenvalue weighted by Crippen LogP contribution is 2.11. The van der Waals surface area contributed by atoms with Crippen LogP contribution >= 0.6 is 11.3 Å². The summed E-state index contributed by atoms with van der Waals surface area (Å²) >= 11 is 1.63. The van der Waals surface area contributed by atoms with Gasteiger partial charge in [0, 0.05) is 42.3 Å². The summed E-state index contributed by atoms with van der Waals surface area (Å²) < 4.78 is 0. The third kappa shape index (κ3) is 4.26. The van der Waals surface area contributed by atoms with Crippen molar-refractivity contribution in [2.45, 2.75) is 26.7 Å². The molecule has 1 amide bonds. The average Bonchev–Trinajstić information content (AvgIpc) is 2.92. The van der Waals surface area contributed by atoms with Crippen LogP contribution < -0.4 is 10.6 Å². The fraction of sp³-hybridized carbons (Fsp3) is 0.400. The minimum Gasteiger partial charge on any atom is -0.373 e. The summed E-state index contributed by atoms with van der Waals surface area (Å²) in [6.45, 7) is 4.58. The molecular weight excluding hydrogens is 284 g/mol. The van der Waals surface area contributed by atoms with Gasteiger partial charge in [-0.3, -0.25) is 4.79 Å². The molecule has 21 heavy (non-hydrogen) atoms. The molecule has 0 aliphatic carbocycles. The van der Waals surface area contributed by atoms with Crippen LogP contribution in [0.5, 0.6) is 0 Å². The number of rotatable bonds is 6. The lowest BCUT2D eigenvalue weighted by molar-refractivity contribution is 0.0954. The van der Waals surface area contributed by atoms with Crippen LogP contribution in [0.1, 0.15) is 33.7 Å². The number of aryl methyl sites for hydroxylation is 2. The van der Waals surface area contributed by atoms with Gasteiger partial charge in [0.25, 0.3) is 5.91 Å². The molecule has 2 aromatic heterocycles. The molecule has 2 aromatic rings. The lowest BCUT2D eigenvalue weighted by atomic mass is 10.2. The second-order valence-corrected chi connectivity index (χ2v) is 5.67. The molecule has 0 aliphatic rings. The molecule has 2 rings (SSSR count). The molecule has 0 spiro atoms. The van der Waals surface area contributed by atoms with Gasteiger partial charge in [-0.2, -0.15) is 0 Å². The summed E-state index contributed by atoms with van der Waals surface area (Å²) in [6, 6.07) is 3.60. The van der Waals surface area contributed by atoms with Gasteiger partial charge in [0.2, 0.25) is 0 Å².